The number of aromatic carboxylic acids is 1. The molecule has 0 aliphatic heterocycles. The number of hydrogen-bond acceptors (Lipinski definition) is 2. The Morgan fingerprint density at radius 3 is 2.19 bits per heavy atom. The van der Waals surface area contributed by atoms with Crippen LogP contribution in [0.5, 0.6) is 0 Å². The molecule has 0 saturated carbocycles. The van der Waals surface area contributed by atoms with Crippen molar-refractivity contribution in [2.45, 2.75) is 19.3 Å². The molecule has 0 aliphatic rings. The summed E-state index contributed by atoms with van der Waals surface area (Å²) in [6, 6.07) is 28.1. The third kappa shape index (κ3) is 4.72. The lowest BCUT2D eigenvalue weighted by molar-refractivity contribution is 0.0697. The lowest BCUT2D eigenvalue weighted by atomic mass is 10.0. The van der Waals surface area contributed by atoms with Crippen LogP contribution in [0.2, 0.25) is 0 Å². The first-order valence-corrected chi connectivity index (χ1v) is 11.4. The number of fused-ring (bicyclic) bond motifs is 1. The first-order valence-electron chi connectivity index (χ1n) is 10.3. The number of benzene rings is 4. The lowest BCUT2D eigenvalue weighted by Crippen LogP contribution is -2.21. The van der Waals surface area contributed by atoms with E-state index in [2.05, 4.69) is 0 Å². The van der Waals surface area contributed by atoms with Crippen molar-refractivity contribution in [3.63, 3.8) is 0 Å². The number of carboxylic acids is 1. The highest BCUT2D eigenvalue weighted by Gasteiger charge is 2.20. The van der Waals surface area contributed by atoms with Gasteiger partial charge >= 0.3 is 5.97 Å². The number of nitrogens with zero attached hydrogens (tertiary/aromatic N) is 1. The van der Waals surface area contributed by atoms with Gasteiger partial charge in [-0.2, -0.15) is 0 Å². The van der Waals surface area contributed by atoms with Crippen molar-refractivity contribution in [1.82, 2.24) is 0 Å². The number of carboxylic acid groups (broad SMARTS) is 1. The van der Waals surface area contributed by atoms with E-state index in [1.165, 1.54) is 4.31 Å². The fourth-order valence-electron chi connectivity index (χ4n) is 3.90. The number of para-hydroxylation sites is 1. The van der Waals surface area contributed by atoms with Crippen molar-refractivity contribution < 1.29 is 18.7 Å². The highest BCUT2D eigenvalue weighted by Crippen LogP contribution is 2.35. The molecule has 6 heteroatoms. The number of aryl methyl sites for hydroxylation is 2. The maximum Gasteiger partial charge on any atom is 0.335 e. The molecule has 4 aromatic rings. The zero-order valence-corrected chi connectivity index (χ0v) is 18.2. The van der Waals surface area contributed by atoms with Gasteiger partial charge in [0.1, 0.15) is 0 Å². The lowest BCUT2D eigenvalue weighted by Gasteiger charge is -2.24. The molecule has 4 rings (SSSR count). The molecular formula is C26H23NO4S. The molecular weight excluding hydrogens is 422 g/mol. The van der Waals surface area contributed by atoms with Crippen LogP contribution in [0, 0.1) is 0 Å². The van der Waals surface area contributed by atoms with Crippen LogP contribution in [-0.4, -0.2) is 19.8 Å². The Balaban J connectivity index is 1.59. The highest BCUT2D eigenvalue weighted by molar-refractivity contribution is 7.81. The van der Waals surface area contributed by atoms with Gasteiger partial charge in [0.15, 0.2) is 0 Å². The van der Waals surface area contributed by atoms with Gasteiger partial charge in [-0.25, -0.2) is 13.3 Å². The van der Waals surface area contributed by atoms with Crippen molar-refractivity contribution in [2.75, 3.05) is 4.31 Å². The summed E-state index contributed by atoms with van der Waals surface area (Å²) in [4.78, 5) is 11.0. The summed E-state index contributed by atoms with van der Waals surface area (Å²) < 4.78 is 24.2. The fourth-order valence-corrected chi connectivity index (χ4v) is 4.57. The van der Waals surface area contributed by atoms with E-state index >= 15 is 0 Å². The SMILES string of the molecule is O=C(O)c1ccc(CCCc2ccccc2N(c2cccc3ccccc23)S(=O)O)cc1. The molecule has 0 fully saturated rings. The first-order chi connectivity index (χ1) is 15.5. The Kier molecular flexibility index (Phi) is 6.63. The number of rotatable bonds is 8. The van der Waals surface area contributed by atoms with Crippen LogP contribution in [0.15, 0.2) is 91.0 Å². The van der Waals surface area contributed by atoms with Crippen LogP contribution in [0.25, 0.3) is 10.8 Å². The van der Waals surface area contributed by atoms with Gasteiger partial charge in [-0.15, -0.1) is 0 Å². The predicted octanol–water partition coefficient (Wildman–Crippen LogP) is 5.99. The van der Waals surface area contributed by atoms with E-state index in [4.69, 9.17) is 5.11 Å². The molecule has 32 heavy (non-hydrogen) atoms. The predicted molar refractivity (Wildman–Crippen MR) is 129 cm³/mol. The van der Waals surface area contributed by atoms with E-state index in [-0.39, 0.29) is 5.56 Å². The quantitative estimate of drug-likeness (QED) is 0.327. The second kappa shape index (κ2) is 9.77. The summed E-state index contributed by atoms with van der Waals surface area (Å²) in [5.74, 6) is -0.934. The minimum atomic E-state index is -2.24. The molecule has 0 radical (unpaired) electrons. The Morgan fingerprint density at radius 2 is 1.44 bits per heavy atom. The van der Waals surface area contributed by atoms with Crippen LogP contribution in [0.4, 0.5) is 11.4 Å². The van der Waals surface area contributed by atoms with Crippen LogP contribution < -0.4 is 4.31 Å². The molecule has 1 unspecified atom stereocenters. The van der Waals surface area contributed by atoms with Crippen molar-refractivity contribution in [1.29, 1.82) is 0 Å². The Bertz CT molecular complexity index is 1270. The second-order valence-electron chi connectivity index (χ2n) is 7.51. The Morgan fingerprint density at radius 1 is 0.781 bits per heavy atom. The van der Waals surface area contributed by atoms with Crippen molar-refractivity contribution in [3.8, 4) is 0 Å². The summed E-state index contributed by atoms with van der Waals surface area (Å²) in [7, 11) is 0. The summed E-state index contributed by atoms with van der Waals surface area (Å²) in [5.41, 5.74) is 3.69. The van der Waals surface area contributed by atoms with E-state index in [0.717, 1.165) is 41.2 Å². The standard InChI is InChI=1S/C26H23NO4S/c28-26(29)22-17-15-19(16-18-22)7-5-11-21-9-2-4-13-24(21)27(32(30)31)25-14-6-10-20-8-1-3-12-23(20)25/h1-4,6,8-10,12-18H,5,7,11H2,(H,28,29)(H,30,31). The van der Waals surface area contributed by atoms with E-state index in [1.807, 2.05) is 78.9 Å². The van der Waals surface area contributed by atoms with Gasteiger partial charge in [-0.05, 0) is 60.0 Å². The normalized spacial score (nSPS) is 11.9. The first kappa shape index (κ1) is 21.7. The molecule has 0 heterocycles. The number of hydrogen-bond donors (Lipinski definition) is 2. The second-order valence-corrected chi connectivity index (χ2v) is 8.33. The van der Waals surface area contributed by atoms with Gasteiger partial charge in [-0.1, -0.05) is 66.7 Å². The molecule has 0 spiro atoms. The van der Waals surface area contributed by atoms with Crippen molar-refractivity contribution in [3.05, 3.63) is 108 Å². The average Bonchev–Trinajstić information content (AvgIpc) is 2.80. The van der Waals surface area contributed by atoms with E-state index in [1.54, 1.807) is 12.1 Å². The van der Waals surface area contributed by atoms with Crippen LogP contribution >= 0.6 is 0 Å². The highest BCUT2D eigenvalue weighted by atomic mass is 32.2. The number of carbonyl (C=O) groups is 1. The third-order valence-corrected chi connectivity index (χ3v) is 6.17. The molecule has 0 amide bonds. The van der Waals surface area contributed by atoms with Gasteiger partial charge in [0, 0.05) is 5.39 Å². The molecule has 0 aromatic heterocycles. The fraction of sp³-hybridized carbons (Fsp3) is 0.115. The largest absolute Gasteiger partial charge is 0.478 e. The molecule has 0 aliphatic carbocycles. The molecule has 4 aromatic carbocycles. The molecule has 162 valence electrons. The summed E-state index contributed by atoms with van der Waals surface area (Å²) in [6.45, 7) is 0. The van der Waals surface area contributed by atoms with Gasteiger partial charge in [0.25, 0.3) is 11.3 Å². The molecule has 0 bridgehead atoms. The molecule has 5 nitrogen and oxygen atoms in total. The Hall–Kier alpha value is -3.48. The van der Waals surface area contributed by atoms with Gasteiger partial charge in [-0.3, -0.25) is 4.55 Å². The average molecular weight is 446 g/mol. The van der Waals surface area contributed by atoms with E-state index in [9.17, 15) is 13.6 Å². The summed E-state index contributed by atoms with van der Waals surface area (Å²) in [6.07, 6.45) is 2.32. The van der Waals surface area contributed by atoms with Crippen LogP contribution in [-0.2, 0) is 24.1 Å². The zero-order valence-electron chi connectivity index (χ0n) is 17.3. The minimum absolute atomic E-state index is 0.273. The van der Waals surface area contributed by atoms with E-state index < -0.39 is 17.2 Å². The Labute approximate surface area is 189 Å². The topological polar surface area (TPSA) is 77.8 Å². The summed E-state index contributed by atoms with van der Waals surface area (Å²) >= 11 is -2.24. The summed E-state index contributed by atoms with van der Waals surface area (Å²) in [5, 5.41) is 10.9. The minimum Gasteiger partial charge on any atom is -0.478 e. The van der Waals surface area contributed by atoms with Gasteiger partial charge in [0.05, 0.1) is 16.9 Å². The third-order valence-electron chi connectivity index (χ3n) is 5.46. The maximum atomic E-state index is 12.5. The van der Waals surface area contributed by atoms with Crippen LogP contribution in [0.1, 0.15) is 27.9 Å². The van der Waals surface area contributed by atoms with E-state index in [0.29, 0.717) is 11.4 Å². The molecule has 2 N–H and O–H groups in total. The van der Waals surface area contributed by atoms with Crippen molar-refractivity contribution in [2.24, 2.45) is 0 Å². The number of anilines is 2. The zero-order chi connectivity index (χ0) is 22.5. The maximum absolute atomic E-state index is 12.5. The molecule has 0 saturated heterocycles. The monoisotopic (exact) mass is 445 g/mol. The van der Waals surface area contributed by atoms with Crippen LogP contribution in [0.3, 0.4) is 0 Å². The van der Waals surface area contributed by atoms with Gasteiger partial charge < -0.3 is 5.11 Å². The molecule has 1 atom stereocenters. The van der Waals surface area contributed by atoms with Gasteiger partial charge in [0.2, 0.25) is 0 Å². The smallest absolute Gasteiger partial charge is 0.335 e. The van der Waals surface area contributed by atoms with Crippen molar-refractivity contribution >= 4 is 39.4 Å².